The Morgan fingerprint density at radius 3 is 2.22 bits per heavy atom. The molecular formula is C14H7O9-. The monoisotopic (exact) mass is 319 g/mol. The van der Waals surface area contributed by atoms with Crippen LogP contribution in [0.4, 0.5) is 0 Å². The number of fused-ring (bicyclic) bond motifs is 3. The smallest absolute Gasteiger partial charge is 0.344 e. The van der Waals surface area contributed by atoms with E-state index in [-0.39, 0.29) is 0 Å². The van der Waals surface area contributed by atoms with Crippen LogP contribution in [0.2, 0.25) is 0 Å². The zero-order valence-electron chi connectivity index (χ0n) is 11.0. The Labute approximate surface area is 125 Å². The molecule has 9 heteroatoms. The normalized spacial score (nSPS) is 11.1. The largest absolute Gasteiger partial charge is 0.869 e. The van der Waals surface area contributed by atoms with E-state index in [4.69, 9.17) is 4.42 Å². The van der Waals surface area contributed by atoms with Crippen molar-refractivity contribution in [2.24, 2.45) is 0 Å². The number of carbonyl (C=O) groups is 1. The number of hydrogen-bond acceptors (Lipinski definition) is 8. The number of aromatic hydroxyl groups is 4. The van der Waals surface area contributed by atoms with E-state index in [1.54, 1.807) is 0 Å². The van der Waals surface area contributed by atoms with Crippen molar-refractivity contribution in [1.29, 1.82) is 0 Å². The van der Waals surface area contributed by atoms with Gasteiger partial charge >= 0.3 is 11.6 Å². The molecule has 118 valence electrons. The van der Waals surface area contributed by atoms with Gasteiger partial charge in [-0.2, -0.15) is 0 Å². The molecule has 0 aliphatic carbocycles. The summed E-state index contributed by atoms with van der Waals surface area (Å²) < 4.78 is 4.77. The molecule has 0 saturated heterocycles. The number of benzene rings is 2. The molecule has 3 aromatic rings. The van der Waals surface area contributed by atoms with Crippen LogP contribution < -0.4 is 10.7 Å². The number of rotatable bonds is 1. The van der Waals surface area contributed by atoms with Gasteiger partial charge in [0.15, 0.2) is 17.1 Å². The Morgan fingerprint density at radius 1 is 1.00 bits per heavy atom. The summed E-state index contributed by atoms with van der Waals surface area (Å²) >= 11 is 0. The summed E-state index contributed by atoms with van der Waals surface area (Å²) in [6.07, 6.45) is 0. The Hall–Kier alpha value is -3.62. The number of aromatic carboxylic acids is 1. The van der Waals surface area contributed by atoms with E-state index in [0.29, 0.717) is 6.07 Å². The Bertz CT molecular complexity index is 1060. The van der Waals surface area contributed by atoms with E-state index in [0.717, 1.165) is 6.07 Å². The standard InChI is InChI=1S/C14H8O9/c15-5-2-4-7(11(19)9(5)17)8-3(13(20)21)1-6(16)10(18)12(8)23-14(4)22/h1-2,15-19H,(H,20,21)/p-1. The van der Waals surface area contributed by atoms with E-state index < -0.39 is 67.6 Å². The van der Waals surface area contributed by atoms with E-state index in [1.165, 1.54) is 0 Å². The van der Waals surface area contributed by atoms with Crippen molar-refractivity contribution in [3.05, 3.63) is 28.1 Å². The number of phenolic OH excluding ortho intramolecular Hbond substituents is 4. The molecule has 0 aliphatic rings. The minimum atomic E-state index is -1.58. The molecule has 0 unspecified atom stereocenters. The first-order valence-corrected chi connectivity index (χ1v) is 6.04. The van der Waals surface area contributed by atoms with E-state index in [9.17, 15) is 40.2 Å². The zero-order valence-corrected chi connectivity index (χ0v) is 11.0. The zero-order chi connectivity index (χ0) is 17.0. The highest BCUT2D eigenvalue weighted by Gasteiger charge is 2.23. The van der Waals surface area contributed by atoms with Gasteiger partial charge in [0.2, 0.25) is 5.75 Å². The van der Waals surface area contributed by atoms with Crippen molar-refractivity contribution in [3.8, 4) is 28.7 Å². The van der Waals surface area contributed by atoms with Gasteiger partial charge in [-0.1, -0.05) is 5.75 Å². The van der Waals surface area contributed by atoms with Crippen LogP contribution in [0.5, 0.6) is 28.7 Å². The molecule has 5 N–H and O–H groups in total. The second kappa shape index (κ2) is 4.44. The molecule has 0 spiro atoms. The Kier molecular flexibility index (Phi) is 2.76. The van der Waals surface area contributed by atoms with Crippen molar-refractivity contribution in [2.75, 3.05) is 0 Å². The van der Waals surface area contributed by atoms with Crippen LogP contribution in [-0.4, -0.2) is 31.5 Å². The molecule has 1 aromatic heterocycles. The van der Waals surface area contributed by atoms with E-state index in [2.05, 4.69) is 0 Å². The summed E-state index contributed by atoms with van der Waals surface area (Å²) in [4.78, 5) is 23.3. The Morgan fingerprint density at radius 2 is 1.61 bits per heavy atom. The van der Waals surface area contributed by atoms with Crippen molar-refractivity contribution < 1.29 is 39.9 Å². The van der Waals surface area contributed by atoms with Gasteiger partial charge in [0.1, 0.15) is 5.75 Å². The van der Waals surface area contributed by atoms with Crippen LogP contribution in [0, 0.1) is 0 Å². The molecule has 9 nitrogen and oxygen atoms in total. The predicted octanol–water partition coefficient (Wildman–Crippen LogP) is 0.540. The van der Waals surface area contributed by atoms with Crippen molar-refractivity contribution in [2.45, 2.75) is 0 Å². The molecule has 0 atom stereocenters. The van der Waals surface area contributed by atoms with Crippen LogP contribution in [0.15, 0.2) is 21.3 Å². The quantitative estimate of drug-likeness (QED) is 0.244. The maximum atomic E-state index is 12.2. The average Bonchev–Trinajstić information content (AvgIpc) is 2.49. The van der Waals surface area contributed by atoms with E-state index >= 15 is 0 Å². The maximum absolute atomic E-state index is 12.2. The fourth-order valence-electron chi connectivity index (χ4n) is 2.34. The lowest BCUT2D eigenvalue weighted by molar-refractivity contribution is -0.267. The summed E-state index contributed by atoms with van der Waals surface area (Å²) in [6.45, 7) is 0. The second-order valence-electron chi connectivity index (χ2n) is 4.69. The molecule has 2 aromatic carbocycles. The fourth-order valence-corrected chi connectivity index (χ4v) is 2.34. The number of hydrogen-bond donors (Lipinski definition) is 5. The van der Waals surface area contributed by atoms with Crippen LogP contribution >= 0.6 is 0 Å². The van der Waals surface area contributed by atoms with Crippen LogP contribution in [0.25, 0.3) is 21.7 Å². The molecule has 23 heavy (non-hydrogen) atoms. The van der Waals surface area contributed by atoms with Crippen LogP contribution in [0.1, 0.15) is 10.4 Å². The fraction of sp³-hybridized carbons (Fsp3) is 0. The maximum Gasteiger partial charge on any atom is 0.344 e. The second-order valence-corrected chi connectivity index (χ2v) is 4.69. The third-order valence-electron chi connectivity index (χ3n) is 3.37. The van der Waals surface area contributed by atoms with Crippen LogP contribution in [-0.2, 0) is 0 Å². The molecule has 0 bridgehead atoms. The molecule has 0 amide bonds. The first kappa shape index (κ1) is 14.3. The van der Waals surface area contributed by atoms with E-state index in [1.807, 2.05) is 0 Å². The molecule has 1 heterocycles. The minimum absolute atomic E-state index is 0.481. The highest BCUT2D eigenvalue weighted by Crippen LogP contribution is 2.45. The third kappa shape index (κ3) is 1.80. The van der Waals surface area contributed by atoms with Gasteiger partial charge in [-0.3, -0.25) is 0 Å². The third-order valence-corrected chi connectivity index (χ3v) is 3.37. The van der Waals surface area contributed by atoms with Gasteiger partial charge in [0.25, 0.3) is 0 Å². The lowest BCUT2D eigenvalue weighted by Gasteiger charge is -2.16. The first-order valence-electron chi connectivity index (χ1n) is 6.04. The SMILES string of the molecule is O=C(O)c1cc(O)c(O)c2oc(=O)c3cc(O)c(O)c([O-])c3c12. The molecule has 0 fully saturated rings. The van der Waals surface area contributed by atoms with Crippen molar-refractivity contribution in [3.63, 3.8) is 0 Å². The van der Waals surface area contributed by atoms with Crippen LogP contribution in [0.3, 0.4) is 0 Å². The predicted molar refractivity (Wildman–Crippen MR) is 73.1 cm³/mol. The summed E-state index contributed by atoms with van der Waals surface area (Å²) in [6, 6.07) is 1.41. The van der Waals surface area contributed by atoms with Gasteiger partial charge in [0, 0.05) is 5.39 Å². The number of carboxylic acid groups (broad SMARTS) is 1. The highest BCUT2D eigenvalue weighted by atomic mass is 16.4. The van der Waals surface area contributed by atoms with Crippen molar-refractivity contribution >= 4 is 27.7 Å². The van der Waals surface area contributed by atoms with Gasteiger partial charge in [0.05, 0.1) is 10.9 Å². The average molecular weight is 319 g/mol. The van der Waals surface area contributed by atoms with Gasteiger partial charge < -0.3 is 35.1 Å². The number of phenols is 4. The first-order chi connectivity index (χ1) is 10.7. The van der Waals surface area contributed by atoms with Gasteiger partial charge in [-0.15, -0.1) is 0 Å². The minimum Gasteiger partial charge on any atom is -0.869 e. The molecule has 0 radical (unpaired) electrons. The molecule has 3 rings (SSSR count). The Balaban J connectivity index is 2.78. The molecule has 0 saturated carbocycles. The van der Waals surface area contributed by atoms with Gasteiger partial charge in [-0.05, 0) is 17.5 Å². The van der Waals surface area contributed by atoms with Gasteiger partial charge in [-0.25, -0.2) is 9.59 Å². The summed E-state index contributed by atoms with van der Waals surface area (Å²) in [5.41, 5.74) is -2.52. The lowest BCUT2D eigenvalue weighted by Crippen LogP contribution is -2.06. The summed E-state index contributed by atoms with van der Waals surface area (Å²) in [7, 11) is 0. The van der Waals surface area contributed by atoms with Crippen molar-refractivity contribution in [1.82, 2.24) is 0 Å². The lowest BCUT2D eigenvalue weighted by atomic mass is 10.00. The highest BCUT2D eigenvalue weighted by molar-refractivity contribution is 6.18. The topological polar surface area (TPSA) is 171 Å². The molecular weight excluding hydrogens is 312 g/mol. The summed E-state index contributed by atoms with van der Waals surface area (Å²) in [5.74, 6) is -6.57. The summed E-state index contributed by atoms with van der Waals surface area (Å²) in [5, 5.41) is 58.2. The number of carboxylic acids is 1. The molecule has 0 aliphatic heterocycles.